The minimum atomic E-state index is 0.525. The Bertz CT molecular complexity index is 368. The molecule has 0 N–H and O–H groups in total. The highest BCUT2D eigenvalue weighted by atomic mass is 32.1. The predicted molar refractivity (Wildman–Crippen MR) is 70.1 cm³/mol. The molecule has 2 atom stereocenters. The Kier molecular flexibility index (Phi) is 3.11. The summed E-state index contributed by atoms with van der Waals surface area (Å²) >= 11 is 4.66. The summed E-state index contributed by atoms with van der Waals surface area (Å²) in [6, 6.07) is 4.84. The average molecular weight is 220 g/mol. The summed E-state index contributed by atoms with van der Waals surface area (Å²) in [7, 11) is 0. The van der Waals surface area contributed by atoms with Crippen molar-refractivity contribution in [3.63, 3.8) is 0 Å². The fraction of sp³-hybridized carbons (Fsp3) is 0.571. The van der Waals surface area contributed by atoms with Crippen LogP contribution in [-0.2, 0) is 19.3 Å². The second-order valence-electron chi connectivity index (χ2n) is 4.59. The van der Waals surface area contributed by atoms with Crippen molar-refractivity contribution in [3.05, 3.63) is 34.4 Å². The lowest BCUT2D eigenvalue weighted by atomic mass is 9.94. The molecule has 0 saturated carbocycles. The number of benzene rings is 1. The Morgan fingerprint density at radius 1 is 1.20 bits per heavy atom. The van der Waals surface area contributed by atoms with E-state index in [0.717, 1.165) is 19.3 Å². The zero-order chi connectivity index (χ0) is 11.0. The van der Waals surface area contributed by atoms with E-state index in [1.54, 1.807) is 5.56 Å². The quantitative estimate of drug-likeness (QED) is 0.721. The number of rotatable bonds is 2. The average Bonchev–Trinajstić information content (AvgIpc) is 2.53. The first-order valence-electron chi connectivity index (χ1n) is 6.00. The molecule has 1 aliphatic carbocycles. The molecule has 0 radical (unpaired) electrons. The molecule has 2 rings (SSSR count). The molecule has 0 fully saturated rings. The van der Waals surface area contributed by atoms with Crippen molar-refractivity contribution in [2.24, 2.45) is 0 Å². The first-order valence-corrected chi connectivity index (χ1v) is 6.51. The molecular formula is C14H20S. The lowest BCUT2D eigenvalue weighted by Gasteiger charge is -2.12. The normalized spacial score (nSPS) is 24.3. The molecule has 0 nitrogen and oxygen atoms in total. The van der Waals surface area contributed by atoms with E-state index in [1.807, 2.05) is 0 Å². The zero-order valence-corrected chi connectivity index (χ0v) is 10.8. The van der Waals surface area contributed by atoms with E-state index in [0.29, 0.717) is 11.2 Å². The molecule has 82 valence electrons. The van der Waals surface area contributed by atoms with Gasteiger partial charge >= 0.3 is 0 Å². The number of hydrogen-bond donors (Lipinski definition) is 1. The van der Waals surface area contributed by atoms with Gasteiger partial charge in [-0.15, -0.1) is 0 Å². The van der Waals surface area contributed by atoms with Crippen LogP contribution >= 0.6 is 12.6 Å². The van der Waals surface area contributed by atoms with Crippen LogP contribution in [0.3, 0.4) is 0 Å². The van der Waals surface area contributed by atoms with Gasteiger partial charge in [0.25, 0.3) is 0 Å². The van der Waals surface area contributed by atoms with Crippen LogP contribution < -0.4 is 0 Å². The highest BCUT2D eigenvalue weighted by Gasteiger charge is 2.27. The lowest BCUT2D eigenvalue weighted by Crippen LogP contribution is -2.01. The van der Waals surface area contributed by atoms with Crippen molar-refractivity contribution in [2.75, 3.05) is 0 Å². The van der Waals surface area contributed by atoms with E-state index >= 15 is 0 Å². The van der Waals surface area contributed by atoms with Crippen molar-refractivity contribution in [2.45, 2.75) is 51.2 Å². The van der Waals surface area contributed by atoms with E-state index in [1.165, 1.54) is 16.7 Å². The van der Waals surface area contributed by atoms with E-state index in [2.05, 4.69) is 45.5 Å². The second-order valence-corrected chi connectivity index (χ2v) is 5.25. The monoisotopic (exact) mass is 220 g/mol. The van der Waals surface area contributed by atoms with Crippen LogP contribution in [-0.4, -0.2) is 5.25 Å². The summed E-state index contributed by atoms with van der Waals surface area (Å²) in [6.07, 6.45) is 3.46. The van der Waals surface area contributed by atoms with Crippen LogP contribution in [0.15, 0.2) is 12.1 Å². The second kappa shape index (κ2) is 4.21. The third-order valence-corrected chi connectivity index (χ3v) is 4.35. The van der Waals surface area contributed by atoms with E-state index < -0.39 is 0 Å². The number of aryl methyl sites for hydroxylation is 2. The van der Waals surface area contributed by atoms with Crippen LogP contribution in [0.5, 0.6) is 0 Å². The maximum Gasteiger partial charge on any atom is 0.0123 e. The molecule has 0 aliphatic heterocycles. The maximum absolute atomic E-state index is 4.66. The van der Waals surface area contributed by atoms with Gasteiger partial charge in [-0.3, -0.25) is 0 Å². The minimum Gasteiger partial charge on any atom is -0.175 e. The predicted octanol–water partition coefficient (Wildman–Crippen LogP) is 3.77. The number of thiol groups is 1. The highest BCUT2D eigenvalue weighted by Crippen LogP contribution is 2.37. The molecule has 1 aromatic rings. The van der Waals surface area contributed by atoms with Crippen LogP contribution in [0.1, 0.15) is 48.9 Å². The van der Waals surface area contributed by atoms with E-state index in [4.69, 9.17) is 0 Å². The molecule has 0 saturated heterocycles. The van der Waals surface area contributed by atoms with Crippen molar-refractivity contribution < 1.29 is 0 Å². The fourth-order valence-corrected chi connectivity index (χ4v) is 2.99. The Labute approximate surface area is 98.5 Å². The fourth-order valence-electron chi connectivity index (χ4n) is 2.63. The highest BCUT2D eigenvalue weighted by molar-refractivity contribution is 7.81. The van der Waals surface area contributed by atoms with Crippen LogP contribution in [0.4, 0.5) is 0 Å². The summed E-state index contributed by atoms with van der Waals surface area (Å²) in [6.45, 7) is 6.80. The Hall–Kier alpha value is -0.430. The maximum atomic E-state index is 4.66. The van der Waals surface area contributed by atoms with Crippen molar-refractivity contribution in [1.82, 2.24) is 0 Å². The summed E-state index contributed by atoms with van der Waals surface area (Å²) in [5.74, 6) is 0.625. The molecule has 2 unspecified atom stereocenters. The first kappa shape index (κ1) is 11.1. The van der Waals surface area contributed by atoms with Gasteiger partial charge in [-0.05, 0) is 47.4 Å². The van der Waals surface area contributed by atoms with Gasteiger partial charge in [-0.1, -0.05) is 32.9 Å². The van der Waals surface area contributed by atoms with Crippen molar-refractivity contribution in [1.29, 1.82) is 0 Å². The topological polar surface area (TPSA) is 0 Å². The van der Waals surface area contributed by atoms with Crippen molar-refractivity contribution >= 4 is 12.6 Å². The molecule has 0 spiro atoms. The van der Waals surface area contributed by atoms with E-state index in [-0.39, 0.29) is 0 Å². The molecule has 0 amide bonds. The summed E-state index contributed by atoms with van der Waals surface area (Å²) in [5, 5.41) is 0.525. The van der Waals surface area contributed by atoms with Crippen molar-refractivity contribution in [3.8, 4) is 0 Å². The van der Waals surface area contributed by atoms with Gasteiger partial charge in [0.05, 0.1) is 0 Å². The molecule has 1 heteroatoms. The largest absolute Gasteiger partial charge is 0.175 e. The Morgan fingerprint density at radius 3 is 2.40 bits per heavy atom. The minimum absolute atomic E-state index is 0.525. The van der Waals surface area contributed by atoms with Crippen LogP contribution in [0, 0.1) is 0 Å². The molecular weight excluding hydrogens is 200 g/mol. The van der Waals surface area contributed by atoms with Gasteiger partial charge < -0.3 is 0 Å². The van der Waals surface area contributed by atoms with Crippen LogP contribution in [0.25, 0.3) is 0 Å². The van der Waals surface area contributed by atoms with Gasteiger partial charge in [0, 0.05) is 5.25 Å². The third kappa shape index (κ3) is 1.82. The van der Waals surface area contributed by atoms with Gasteiger partial charge in [-0.2, -0.15) is 12.6 Å². The smallest absolute Gasteiger partial charge is 0.0123 e. The molecule has 0 heterocycles. The number of hydrogen-bond acceptors (Lipinski definition) is 1. The molecule has 1 aliphatic rings. The van der Waals surface area contributed by atoms with Gasteiger partial charge in [0.15, 0.2) is 0 Å². The molecule has 15 heavy (non-hydrogen) atoms. The van der Waals surface area contributed by atoms with Gasteiger partial charge in [0.1, 0.15) is 0 Å². The zero-order valence-electron chi connectivity index (χ0n) is 9.88. The molecule has 0 aromatic heterocycles. The SMILES string of the molecule is CCc1cc2c(cc1CC)C(C)C(S)C2. The van der Waals surface area contributed by atoms with Gasteiger partial charge in [0.2, 0.25) is 0 Å². The Balaban J connectivity index is 2.48. The standard InChI is InChI=1S/C14H20S/c1-4-10-6-12-8-14(15)9(3)13(12)7-11(10)5-2/h6-7,9,14-15H,4-5,8H2,1-3H3. The number of fused-ring (bicyclic) bond motifs is 1. The molecule has 1 aromatic carbocycles. The summed E-state index contributed by atoms with van der Waals surface area (Å²) in [4.78, 5) is 0. The van der Waals surface area contributed by atoms with Gasteiger partial charge in [-0.25, -0.2) is 0 Å². The first-order chi connectivity index (χ1) is 7.17. The third-order valence-electron chi connectivity index (χ3n) is 3.72. The van der Waals surface area contributed by atoms with Crippen LogP contribution in [0.2, 0.25) is 0 Å². The van der Waals surface area contributed by atoms with E-state index in [9.17, 15) is 0 Å². The Morgan fingerprint density at radius 2 is 1.80 bits per heavy atom. The summed E-state index contributed by atoms with van der Waals surface area (Å²) in [5.41, 5.74) is 6.15. The summed E-state index contributed by atoms with van der Waals surface area (Å²) < 4.78 is 0. The molecule has 0 bridgehead atoms. The lowest BCUT2D eigenvalue weighted by molar-refractivity contribution is 0.771.